The molecule has 2 aromatic carbocycles. The zero-order valence-corrected chi connectivity index (χ0v) is 11.5. The van der Waals surface area contributed by atoms with Gasteiger partial charge in [-0.05, 0) is 17.7 Å². The number of rotatable bonds is 6. The van der Waals surface area contributed by atoms with Gasteiger partial charge in [0.05, 0.1) is 6.61 Å². The Morgan fingerprint density at radius 2 is 1.53 bits per heavy atom. The lowest BCUT2D eigenvalue weighted by molar-refractivity contribution is 0.172. The molecule has 0 amide bonds. The van der Waals surface area contributed by atoms with Crippen molar-refractivity contribution in [3.8, 4) is 5.75 Å². The molecule has 0 heterocycles. The molecule has 0 spiro atoms. The molecule has 0 N–H and O–H groups in total. The number of phosphoric ester groups is 1. The Kier molecular flexibility index (Phi) is 4.74. The molecule has 2 rings (SSSR count). The van der Waals surface area contributed by atoms with E-state index in [4.69, 9.17) is 13.6 Å². The zero-order valence-electron chi connectivity index (χ0n) is 10.6. The van der Waals surface area contributed by atoms with Crippen LogP contribution in [-0.4, -0.2) is 7.11 Å². The van der Waals surface area contributed by atoms with Gasteiger partial charge in [-0.2, -0.15) is 0 Å². The van der Waals surface area contributed by atoms with E-state index in [-0.39, 0.29) is 6.61 Å². The standard InChI is InChI=1S/C14H15O4P/c1-16-19(15,18-14-10-6-3-7-11-14)17-12-13-8-4-2-5-9-13/h2-11H,12H2,1H3. The fourth-order valence-corrected chi connectivity index (χ4v) is 2.37. The smallest absolute Gasteiger partial charge is 0.404 e. The molecule has 1 atom stereocenters. The van der Waals surface area contributed by atoms with Crippen LogP contribution in [0.2, 0.25) is 0 Å². The minimum Gasteiger partial charge on any atom is -0.404 e. The second-order valence-electron chi connectivity index (χ2n) is 3.79. The molecule has 5 heteroatoms. The van der Waals surface area contributed by atoms with Crippen LogP contribution in [0.1, 0.15) is 5.56 Å². The van der Waals surface area contributed by atoms with E-state index >= 15 is 0 Å². The molecular formula is C14H15O4P. The fraction of sp³-hybridized carbons (Fsp3) is 0.143. The van der Waals surface area contributed by atoms with Crippen molar-refractivity contribution >= 4 is 7.82 Å². The van der Waals surface area contributed by atoms with E-state index in [0.717, 1.165) is 5.56 Å². The van der Waals surface area contributed by atoms with Crippen molar-refractivity contribution < 1.29 is 18.1 Å². The summed E-state index contributed by atoms with van der Waals surface area (Å²) in [5.74, 6) is 0.445. The third-order valence-corrected chi connectivity index (χ3v) is 3.74. The molecular weight excluding hydrogens is 263 g/mol. The summed E-state index contributed by atoms with van der Waals surface area (Å²) in [6.45, 7) is 0.165. The van der Waals surface area contributed by atoms with Crippen molar-refractivity contribution in [2.75, 3.05) is 7.11 Å². The number of hydrogen-bond donors (Lipinski definition) is 0. The first kappa shape index (κ1) is 13.8. The monoisotopic (exact) mass is 278 g/mol. The van der Waals surface area contributed by atoms with E-state index in [1.54, 1.807) is 24.3 Å². The summed E-state index contributed by atoms with van der Waals surface area (Å²) in [5.41, 5.74) is 0.899. The highest BCUT2D eigenvalue weighted by atomic mass is 31.2. The maximum atomic E-state index is 12.3. The predicted octanol–water partition coefficient (Wildman–Crippen LogP) is 4.04. The van der Waals surface area contributed by atoms with Crippen LogP contribution in [-0.2, 0) is 20.2 Å². The van der Waals surface area contributed by atoms with E-state index in [0.29, 0.717) is 5.75 Å². The summed E-state index contributed by atoms with van der Waals surface area (Å²) in [6, 6.07) is 18.2. The average Bonchev–Trinajstić information content (AvgIpc) is 2.47. The predicted molar refractivity (Wildman–Crippen MR) is 72.9 cm³/mol. The largest absolute Gasteiger partial charge is 0.530 e. The molecule has 0 bridgehead atoms. The topological polar surface area (TPSA) is 44.8 Å². The van der Waals surface area contributed by atoms with Crippen molar-refractivity contribution in [3.63, 3.8) is 0 Å². The van der Waals surface area contributed by atoms with Crippen molar-refractivity contribution in [2.24, 2.45) is 0 Å². The Morgan fingerprint density at radius 1 is 0.947 bits per heavy atom. The molecule has 0 saturated heterocycles. The molecule has 0 fully saturated rings. The maximum Gasteiger partial charge on any atom is 0.530 e. The highest BCUT2D eigenvalue weighted by molar-refractivity contribution is 7.48. The highest BCUT2D eigenvalue weighted by Crippen LogP contribution is 2.49. The lowest BCUT2D eigenvalue weighted by Gasteiger charge is -2.16. The number of hydrogen-bond acceptors (Lipinski definition) is 4. The molecule has 19 heavy (non-hydrogen) atoms. The molecule has 0 aliphatic carbocycles. The Morgan fingerprint density at radius 3 is 2.11 bits per heavy atom. The van der Waals surface area contributed by atoms with Gasteiger partial charge in [-0.3, -0.25) is 9.05 Å². The maximum absolute atomic E-state index is 12.3. The van der Waals surface area contributed by atoms with Crippen LogP contribution >= 0.6 is 7.82 Å². The van der Waals surface area contributed by atoms with E-state index < -0.39 is 7.82 Å². The second kappa shape index (κ2) is 6.53. The first-order valence-electron chi connectivity index (χ1n) is 5.81. The molecule has 4 nitrogen and oxygen atoms in total. The summed E-state index contributed by atoms with van der Waals surface area (Å²) in [5, 5.41) is 0. The summed E-state index contributed by atoms with van der Waals surface area (Å²) >= 11 is 0. The van der Waals surface area contributed by atoms with E-state index in [9.17, 15) is 4.57 Å². The van der Waals surface area contributed by atoms with Gasteiger partial charge in [0.2, 0.25) is 0 Å². The molecule has 0 radical (unpaired) electrons. The SMILES string of the molecule is COP(=O)(OCc1ccccc1)Oc1ccccc1. The first-order valence-corrected chi connectivity index (χ1v) is 7.27. The molecule has 0 saturated carbocycles. The lowest BCUT2D eigenvalue weighted by atomic mass is 10.2. The lowest BCUT2D eigenvalue weighted by Crippen LogP contribution is -2.00. The third-order valence-electron chi connectivity index (χ3n) is 2.42. The van der Waals surface area contributed by atoms with Crippen molar-refractivity contribution in [2.45, 2.75) is 6.61 Å². The average molecular weight is 278 g/mol. The van der Waals surface area contributed by atoms with Gasteiger partial charge in [-0.25, -0.2) is 4.57 Å². The quantitative estimate of drug-likeness (QED) is 0.748. The van der Waals surface area contributed by atoms with Gasteiger partial charge in [0, 0.05) is 7.11 Å². The Hall–Kier alpha value is -1.61. The van der Waals surface area contributed by atoms with Gasteiger partial charge in [0.15, 0.2) is 0 Å². The highest BCUT2D eigenvalue weighted by Gasteiger charge is 2.26. The zero-order chi connectivity index (χ0) is 13.6. The molecule has 2 aromatic rings. The third kappa shape index (κ3) is 4.21. The van der Waals surface area contributed by atoms with Gasteiger partial charge in [-0.15, -0.1) is 0 Å². The van der Waals surface area contributed by atoms with Gasteiger partial charge in [0.25, 0.3) is 0 Å². The molecule has 100 valence electrons. The van der Waals surface area contributed by atoms with Gasteiger partial charge in [-0.1, -0.05) is 48.5 Å². The molecule has 0 aliphatic rings. The first-order chi connectivity index (χ1) is 9.22. The van der Waals surface area contributed by atoms with Crippen LogP contribution in [0.5, 0.6) is 5.75 Å². The van der Waals surface area contributed by atoms with Gasteiger partial charge < -0.3 is 4.52 Å². The normalized spacial score (nSPS) is 13.7. The second-order valence-corrected chi connectivity index (χ2v) is 5.49. The minimum atomic E-state index is -3.59. The number of benzene rings is 2. The minimum absolute atomic E-state index is 0.165. The Bertz CT molecular complexity index is 542. The molecule has 0 aliphatic heterocycles. The van der Waals surface area contributed by atoms with Gasteiger partial charge >= 0.3 is 7.82 Å². The summed E-state index contributed by atoms with van der Waals surface area (Å²) in [7, 11) is -2.29. The van der Waals surface area contributed by atoms with Crippen molar-refractivity contribution in [1.29, 1.82) is 0 Å². The van der Waals surface area contributed by atoms with Crippen molar-refractivity contribution in [3.05, 3.63) is 66.2 Å². The number of para-hydroxylation sites is 1. The van der Waals surface area contributed by atoms with E-state index in [2.05, 4.69) is 0 Å². The molecule has 0 aromatic heterocycles. The number of phosphoric acid groups is 1. The summed E-state index contributed by atoms with van der Waals surface area (Å²) < 4.78 is 27.7. The molecule has 1 unspecified atom stereocenters. The van der Waals surface area contributed by atoms with Crippen LogP contribution in [0.25, 0.3) is 0 Å². The fourth-order valence-electron chi connectivity index (χ4n) is 1.45. The van der Waals surface area contributed by atoms with Crippen LogP contribution in [0.4, 0.5) is 0 Å². The Labute approximate surface area is 112 Å². The summed E-state index contributed by atoms with van der Waals surface area (Å²) in [6.07, 6.45) is 0. The van der Waals surface area contributed by atoms with Crippen LogP contribution < -0.4 is 4.52 Å². The Balaban J connectivity index is 2.00. The van der Waals surface area contributed by atoms with Crippen LogP contribution in [0.3, 0.4) is 0 Å². The summed E-state index contributed by atoms with van der Waals surface area (Å²) in [4.78, 5) is 0. The van der Waals surface area contributed by atoms with E-state index in [1.165, 1.54) is 7.11 Å². The van der Waals surface area contributed by atoms with Crippen LogP contribution in [0.15, 0.2) is 60.7 Å². The van der Waals surface area contributed by atoms with Crippen LogP contribution in [0, 0.1) is 0 Å². The van der Waals surface area contributed by atoms with Gasteiger partial charge in [0.1, 0.15) is 5.75 Å². The van der Waals surface area contributed by atoms with Crippen molar-refractivity contribution in [1.82, 2.24) is 0 Å². The van der Waals surface area contributed by atoms with E-state index in [1.807, 2.05) is 36.4 Å².